The smallest absolute Gasteiger partial charge is 0.328 e. The molecule has 0 radical (unpaired) electrons. The molecule has 0 atom stereocenters. The van der Waals surface area contributed by atoms with E-state index in [1.54, 1.807) is 17.5 Å². The maximum atomic E-state index is 13.3. The summed E-state index contributed by atoms with van der Waals surface area (Å²) in [5.74, 6) is -0.262. The topological polar surface area (TPSA) is 112 Å². The van der Waals surface area contributed by atoms with Crippen LogP contribution in [-0.2, 0) is 17.6 Å². The molecule has 34 heavy (non-hydrogen) atoms. The van der Waals surface area contributed by atoms with E-state index in [-0.39, 0.29) is 17.0 Å². The molecule has 0 unspecified atom stereocenters. The van der Waals surface area contributed by atoms with Crippen molar-refractivity contribution in [3.8, 4) is 6.07 Å². The van der Waals surface area contributed by atoms with Gasteiger partial charge >= 0.3 is 5.97 Å². The van der Waals surface area contributed by atoms with Gasteiger partial charge < -0.3 is 10.0 Å². The fourth-order valence-corrected chi connectivity index (χ4v) is 5.02. The van der Waals surface area contributed by atoms with Crippen LogP contribution in [-0.4, -0.2) is 38.5 Å². The van der Waals surface area contributed by atoms with Gasteiger partial charge in [-0.2, -0.15) is 5.26 Å². The van der Waals surface area contributed by atoms with Crippen LogP contribution < -0.4 is 10.5 Å². The molecule has 0 bridgehead atoms. The van der Waals surface area contributed by atoms with E-state index in [0.717, 1.165) is 35.2 Å². The molecule has 1 saturated heterocycles. The molecule has 1 aliphatic rings. The zero-order valence-electron chi connectivity index (χ0n) is 19.3. The Hall–Kier alpha value is -3.51. The van der Waals surface area contributed by atoms with E-state index in [1.807, 2.05) is 17.0 Å². The van der Waals surface area contributed by atoms with Gasteiger partial charge in [0.2, 0.25) is 0 Å². The van der Waals surface area contributed by atoms with Crippen molar-refractivity contribution < 1.29 is 9.90 Å². The fourth-order valence-electron chi connectivity index (χ4n) is 4.06. The lowest BCUT2D eigenvalue weighted by Crippen LogP contribution is -2.36. The number of pyridine rings is 1. The number of aliphatic carboxylic acids is 1. The molecule has 3 aromatic rings. The standard InChI is InChI=1S/C25H27N5O3S/c1-16(2)20-15-34-22(27-20)5-3-17-9-12-30-21(13-17)28-24(19(25(30)33)4-6-23(31)32)29-10-7-18(14-26)8-11-29/h4,6,9,12-13,15-16,18H,3,5,7-8,10-11H2,1-2H3,(H,31,32). The van der Waals surface area contributed by atoms with E-state index in [2.05, 4.69) is 25.3 Å². The van der Waals surface area contributed by atoms with Gasteiger partial charge in [-0.1, -0.05) is 13.8 Å². The van der Waals surface area contributed by atoms with E-state index >= 15 is 0 Å². The Balaban J connectivity index is 1.67. The number of carboxylic acids is 1. The van der Waals surface area contributed by atoms with Crippen molar-refractivity contribution in [2.75, 3.05) is 18.0 Å². The van der Waals surface area contributed by atoms with Gasteiger partial charge in [-0.05, 0) is 49.0 Å². The number of rotatable bonds is 7. The summed E-state index contributed by atoms with van der Waals surface area (Å²) in [6.07, 6.45) is 6.94. The second kappa shape index (κ2) is 10.2. The zero-order chi connectivity index (χ0) is 24.2. The van der Waals surface area contributed by atoms with Crippen LogP contribution in [0.4, 0.5) is 5.82 Å². The van der Waals surface area contributed by atoms with Gasteiger partial charge in [-0.25, -0.2) is 14.8 Å². The van der Waals surface area contributed by atoms with Crippen LogP contribution in [0.2, 0.25) is 0 Å². The molecular formula is C25H27N5O3S. The number of fused-ring (bicyclic) bond motifs is 1. The second-order valence-electron chi connectivity index (χ2n) is 8.80. The summed E-state index contributed by atoms with van der Waals surface area (Å²) in [6.45, 7) is 5.45. The number of anilines is 1. The number of piperidine rings is 1. The summed E-state index contributed by atoms with van der Waals surface area (Å²) in [7, 11) is 0. The predicted molar refractivity (Wildman–Crippen MR) is 132 cm³/mol. The summed E-state index contributed by atoms with van der Waals surface area (Å²) >= 11 is 1.67. The van der Waals surface area contributed by atoms with Crippen molar-refractivity contribution in [3.63, 3.8) is 0 Å². The fraction of sp³-hybridized carbons (Fsp3) is 0.400. The van der Waals surface area contributed by atoms with Gasteiger partial charge in [0, 0.05) is 43.1 Å². The largest absolute Gasteiger partial charge is 0.478 e. The van der Waals surface area contributed by atoms with Gasteiger partial charge in [0.1, 0.15) is 11.5 Å². The number of nitriles is 1. The molecule has 0 spiro atoms. The molecule has 0 aromatic carbocycles. The number of hydrogen-bond donors (Lipinski definition) is 1. The minimum Gasteiger partial charge on any atom is -0.478 e. The third-order valence-corrected chi connectivity index (χ3v) is 6.99. The summed E-state index contributed by atoms with van der Waals surface area (Å²) in [5, 5.41) is 21.5. The van der Waals surface area contributed by atoms with Crippen molar-refractivity contribution in [3.05, 3.63) is 62.0 Å². The Labute approximate surface area is 201 Å². The molecule has 8 nitrogen and oxygen atoms in total. The Bertz CT molecular complexity index is 1330. The SMILES string of the molecule is CC(C)c1csc(CCc2ccn3c(=O)c(C=CC(=O)O)c(N4CCC(C#N)CC4)nc3c2)n1. The third kappa shape index (κ3) is 5.18. The average Bonchev–Trinajstić information content (AvgIpc) is 3.31. The molecule has 0 saturated carbocycles. The minimum atomic E-state index is -1.13. The van der Waals surface area contributed by atoms with E-state index in [9.17, 15) is 14.9 Å². The maximum absolute atomic E-state index is 13.3. The molecule has 1 N–H and O–H groups in total. The summed E-state index contributed by atoms with van der Waals surface area (Å²) in [4.78, 5) is 35.9. The molecule has 0 aliphatic carbocycles. The van der Waals surface area contributed by atoms with Crippen LogP contribution in [0, 0.1) is 17.2 Å². The number of thiazole rings is 1. The van der Waals surface area contributed by atoms with Crippen LogP contribution in [0.1, 0.15) is 54.4 Å². The lowest BCUT2D eigenvalue weighted by Gasteiger charge is -2.31. The van der Waals surface area contributed by atoms with Gasteiger partial charge in [0.25, 0.3) is 5.56 Å². The van der Waals surface area contributed by atoms with Gasteiger partial charge in [-0.15, -0.1) is 11.3 Å². The van der Waals surface area contributed by atoms with Crippen molar-refractivity contribution >= 4 is 34.8 Å². The van der Waals surface area contributed by atoms with E-state index < -0.39 is 5.97 Å². The number of aryl methyl sites for hydroxylation is 2. The van der Waals surface area contributed by atoms with Crippen LogP contribution in [0.5, 0.6) is 0 Å². The molecule has 3 aromatic heterocycles. The first-order valence-corrected chi connectivity index (χ1v) is 12.3. The van der Waals surface area contributed by atoms with Gasteiger partial charge in [-0.3, -0.25) is 9.20 Å². The third-order valence-electron chi connectivity index (χ3n) is 6.07. The van der Waals surface area contributed by atoms with E-state index in [0.29, 0.717) is 43.3 Å². The highest BCUT2D eigenvalue weighted by molar-refractivity contribution is 7.09. The van der Waals surface area contributed by atoms with Crippen molar-refractivity contribution in [1.82, 2.24) is 14.4 Å². The van der Waals surface area contributed by atoms with Crippen molar-refractivity contribution in [1.29, 1.82) is 5.26 Å². The van der Waals surface area contributed by atoms with Crippen LogP contribution in [0.15, 0.2) is 34.6 Å². The second-order valence-corrected chi connectivity index (χ2v) is 9.74. The Morgan fingerprint density at radius 3 is 2.74 bits per heavy atom. The number of hydrogen-bond acceptors (Lipinski definition) is 7. The molecule has 1 aliphatic heterocycles. The lowest BCUT2D eigenvalue weighted by molar-refractivity contribution is -0.131. The normalized spacial score (nSPS) is 14.8. The lowest BCUT2D eigenvalue weighted by atomic mass is 9.98. The Kier molecular flexibility index (Phi) is 7.08. The highest BCUT2D eigenvalue weighted by Crippen LogP contribution is 2.25. The van der Waals surface area contributed by atoms with E-state index in [1.165, 1.54) is 10.5 Å². The number of carbonyl (C=O) groups is 1. The number of nitrogens with zero attached hydrogens (tertiary/aromatic N) is 5. The summed E-state index contributed by atoms with van der Waals surface area (Å²) in [6, 6.07) is 6.12. The highest BCUT2D eigenvalue weighted by atomic mass is 32.1. The maximum Gasteiger partial charge on any atom is 0.328 e. The zero-order valence-corrected chi connectivity index (χ0v) is 20.1. The van der Waals surface area contributed by atoms with Gasteiger partial charge in [0.05, 0.1) is 22.3 Å². The quantitative estimate of drug-likeness (QED) is 0.514. The average molecular weight is 478 g/mol. The molecule has 4 rings (SSSR count). The Morgan fingerprint density at radius 1 is 1.32 bits per heavy atom. The van der Waals surface area contributed by atoms with Crippen molar-refractivity contribution in [2.24, 2.45) is 5.92 Å². The number of aromatic nitrogens is 3. The summed E-state index contributed by atoms with van der Waals surface area (Å²) in [5.41, 5.74) is 2.61. The van der Waals surface area contributed by atoms with E-state index in [4.69, 9.17) is 15.1 Å². The first kappa shape index (κ1) is 23.6. The molecule has 1 fully saturated rings. The minimum absolute atomic E-state index is 0.00973. The monoisotopic (exact) mass is 477 g/mol. The Morgan fingerprint density at radius 2 is 2.09 bits per heavy atom. The first-order valence-electron chi connectivity index (χ1n) is 11.4. The van der Waals surface area contributed by atoms with Gasteiger partial charge in [0.15, 0.2) is 0 Å². The number of carboxylic acid groups (broad SMARTS) is 1. The molecule has 4 heterocycles. The molecule has 0 amide bonds. The summed E-state index contributed by atoms with van der Waals surface area (Å²) < 4.78 is 1.46. The van der Waals surface area contributed by atoms with Crippen molar-refractivity contribution in [2.45, 2.75) is 45.4 Å². The molecule has 176 valence electrons. The molecular weight excluding hydrogens is 450 g/mol. The van der Waals surface area contributed by atoms with Crippen LogP contribution in [0.3, 0.4) is 0 Å². The predicted octanol–water partition coefficient (Wildman–Crippen LogP) is 3.90. The molecule has 9 heteroatoms. The van der Waals surface area contributed by atoms with Crippen LogP contribution >= 0.6 is 11.3 Å². The first-order chi connectivity index (χ1) is 16.4. The highest BCUT2D eigenvalue weighted by Gasteiger charge is 2.23. The van der Waals surface area contributed by atoms with Crippen LogP contribution in [0.25, 0.3) is 11.7 Å².